The van der Waals surface area contributed by atoms with Crippen molar-refractivity contribution < 1.29 is 0 Å². The summed E-state index contributed by atoms with van der Waals surface area (Å²) in [6.07, 6.45) is 0.585. The zero-order valence-corrected chi connectivity index (χ0v) is 9.83. The highest BCUT2D eigenvalue weighted by Crippen LogP contribution is 2.24. The molecule has 0 saturated heterocycles. The van der Waals surface area contributed by atoms with Gasteiger partial charge in [0.15, 0.2) is 5.15 Å². The highest BCUT2D eigenvalue weighted by Gasteiger charge is 2.08. The van der Waals surface area contributed by atoms with Gasteiger partial charge in [0.2, 0.25) is 0 Å². The number of halogens is 2. The van der Waals surface area contributed by atoms with Gasteiger partial charge in [-0.3, -0.25) is 0 Å². The Morgan fingerprint density at radius 3 is 2.38 bits per heavy atom. The number of aromatic nitrogens is 2. The third-order valence-corrected chi connectivity index (χ3v) is 2.83. The lowest BCUT2D eigenvalue weighted by Crippen LogP contribution is -2.02. The van der Waals surface area contributed by atoms with E-state index < -0.39 is 0 Å². The molecule has 0 bridgehead atoms. The Hall–Kier alpha value is -1.32. The first-order valence-electron chi connectivity index (χ1n) is 4.68. The molecule has 1 aromatic carbocycles. The van der Waals surface area contributed by atoms with Crippen molar-refractivity contribution in [2.45, 2.75) is 6.42 Å². The minimum atomic E-state index is 0.195. The highest BCUT2D eigenvalue weighted by molar-refractivity contribution is 6.42. The van der Waals surface area contributed by atoms with Crippen molar-refractivity contribution in [3.8, 4) is 0 Å². The SMILES string of the molecule is Nc1nc(Cc2ccccc2)nc(Cl)c1Cl. The molecular weight excluding hydrogens is 245 g/mol. The molecule has 0 saturated carbocycles. The molecule has 0 atom stereocenters. The highest BCUT2D eigenvalue weighted by atomic mass is 35.5. The summed E-state index contributed by atoms with van der Waals surface area (Å²) in [4.78, 5) is 8.15. The van der Waals surface area contributed by atoms with E-state index in [1.165, 1.54) is 0 Å². The molecule has 1 heterocycles. The number of nitrogen functional groups attached to an aromatic ring is 1. The summed E-state index contributed by atoms with van der Waals surface area (Å²) in [6, 6.07) is 9.84. The van der Waals surface area contributed by atoms with Crippen LogP contribution in [0.3, 0.4) is 0 Å². The molecule has 5 heteroatoms. The zero-order valence-electron chi connectivity index (χ0n) is 8.32. The van der Waals surface area contributed by atoms with E-state index in [9.17, 15) is 0 Å². The molecule has 2 rings (SSSR count). The van der Waals surface area contributed by atoms with Gasteiger partial charge in [0.05, 0.1) is 0 Å². The van der Waals surface area contributed by atoms with E-state index in [1.807, 2.05) is 30.3 Å². The predicted molar refractivity (Wildman–Crippen MR) is 65.7 cm³/mol. The molecule has 2 N–H and O–H groups in total. The zero-order chi connectivity index (χ0) is 11.5. The van der Waals surface area contributed by atoms with Crippen LogP contribution < -0.4 is 5.73 Å². The van der Waals surface area contributed by atoms with Crippen LogP contribution in [0, 0.1) is 0 Å². The molecule has 1 aromatic heterocycles. The van der Waals surface area contributed by atoms with Gasteiger partial charge in [0.25, 0.3) is 0 Å². The lowest BCUT2D eigenvalue weighted by Gasteiger charge is -2.04. The number of hydrogen-bond acceptors (Lipinski definition) is 3. The van der Waals surface area contributed by atoms with Gasteiger partial charge >= 0.3 is 0 Å². The van der Waals surface area contributed by atoms with Crippen molar-refractivity contribution in [2.24, 2.45) is 0 Å². The van der Waals surface area contributed by atoms with E-state index in [0.29, 0.717) is 12.2 Å². The maximum absolute atomic E-state index is 5.82. The summed E-state index contributed by atoms with van der Waals surface area (Å²) in [5.74, 6) is 0.783. The third kappa shape index (κ3) is 2.43. The Bertz CT molecular complexity index is 477. The molecule has 0 amide bonds. The average Bonchev–Trinajstić information content (AvgIpc) is 2.27. The van der Waals surface area contributed by atoms with Crippen molar-refractivity contribution in [3.63, 3.8) is 0 Å². The molecule has 0 aliphatic carbocycles. The predicted octanol–water partition coefficient (Wildman–Crippen LogP) is 2.96. The van der Waals surface area contributed by atoms with E-state index in [-0.39, 0.29) is 16.0 Å². The second-order valence-electron chi connectivity index (χ2n) is 3.29. The van der Waals surface area contributed by atoms with E-state index in [4.69, 9.17) is 28.9 Å². The van der Waals surface area contributed by atoms with E-state index in [1.54, 1.807) is 0 Å². The van der Waals surface area contributed by atoms with Gasteiger partial charge in [-0.05, 0) is 5.56 Å². The molecule has 0 aliphatic rings. The van der Waals surface area contributed by atoms with Crippen LogP contribution in [0.15, 0.2) is 30.3 Å². The van der Waals surface area contributed by atoms with E-state index >= 15 is 0 Å². The smallest absolute Gasteiger partial charge is 0.153 e. The molecule has 2 aromatic rings. The first-order valence-corrected chi connectivity index (χ1v) is 5.43. The first-order chi connectivity index (χ1) is 7.66. The van der Waals surface area contributed by atoms with Crippen molar-refractivity contribution in [2.75, 3.05) is 5.73 Å². The van der Waals surface area contributed by atoms with Gasteiger partial charge in [-0.1, -0.05) is 53.5 Å². The standard InChI is InChI=1S/C11H9Cl2N3/c12-9-10(13)15-8(16-11(9)14)6-7-4-2-1-3-5-7/h1-5H,6H2,(H2,14,15,16). The maximum Gasteiger partial charge on any atom is 0.153 e. The van der Waals surface area contributed by atoms with Crippen LogP contribution in [-0.4, -0.2) is 9.97 Å². The molecule has 0 radical (unpaired) electrons. The van der Waals surface area contributed by atoms with Gasteiger partial charge < -0.3 is 5.73 Å². The van der Waals surface area contributed by atoms with E-state index in [0.717, 1.165) is 5.56 Å². The van der Waals surface area contributed by atoms with Crippen LogP contribution >= 0.6 is 23.2 Å². The summed E-state index contributed by atoms with van der Waals surface area (Å²) in [7, 11) is 0. The fraction of sp³-hybridized carbons (Fsp3) is 0.0909. The third-order valence-electron chi connectivity index (χ3n) is 2.09. The topological polar surface area (TPSA) is 51.8 Å². The van der Waals surface area contributed by atoms with Gasteiger partial charge in [-0.2, -0.15) is 0 Å². The number of hydrogen-bond donors (Lipinski definition) is 1. The number of rotatable bonds is 2. The lowest BCUT2D eigenvalue weighted by atomic mass is 10.1. The van der Waals surface area contributed by atoms with Crippen LogP contribution in [-0.2, 0) is 6.42 Å². The van der Waals surface area contributed by atoms with Crippen molar-refractivity contribution in [1.29, 1.82) is 0 Å². The first kappa shape index (κ1) is 11.2. The molecule has 16 heavy (non-hydrogen) atoms. The summed E-state index contributed by atoms with van der Waals surface area (Å²) < 4.78 is 0. The summed E-state index contributed by atoms with van der Waals surface area (Å²) in [6.45, 7) is 0. The fourth-order valence-electron chi connectivity index (χ4n) is 1.34. The van der Waals surface area contributed by atoms with Crippen LogP contribution in [0.1, 0.15) is 11.4 Å². The molecule has 0 fully saturated rings. The van der Waals surface area contributed by atoms with Crippen molar-refractivity contribution >= 4 is 29.0 Å². The number of nitrogens with two attached hydrogens (primary N) is 1. The number of benzene rings is 1. The van der Waals surface area contributed by atoms with Crippen LogP contribution in [0.25, 0.3) is 0 Å². The van der Waals surface area contributed by atoms with Gasteiger partial charge in [0, 0.05) is 6.42 Å². The van der Waals surface area contributed by atoms with Crippen molar-refractivity contribution in [1.82, 2.24) is 9.97 Å². The minimum absolute atomic E-state index is 0.195. The Morgan fingerprint density at radius 2 is 1.75 bits per heavy atom. The minimum Gasteiger partial charge on any atom is -0.382 e. The Balaban J connectivity index is 2.29. The summed E-state index contributed by atoms with van der Waals surface area (Å²) >= 11 is 11.6. The van der Waals surface area contributed by atoms with Crippen molar-refractivity contribution in [3.05, 3.63) is 51.9 Å². The Labute approximate surface area is 103 Å². The maximum atomic E-state index is 5.82. The normalized spacial score (nSPS) is 10.4. The van der Waals surface area contributed by atoms with Gasteiger partial charge in [-0.15, -0.1) is 0 Å². The van der Waals surface area contributed by atoms with Gasteiger partial charge in [0.1, 0.15) is 16.7 Å². The molecule has 0 aliphatic heterocycles. The second-order valence-corrected chi connectivity index (χ2v) is 4.03. The molecule has 0 unspecified atom stereocenters. The van der Waals surface area contributed by atoms with Crippen LogP contribution in [0.5, 0.6) is 0 Å². The van der Waals surface area contributed by atoms with Crippen LogP contribution in [0.4, 0.5) is 5.82 Å². The molecular formula is C11H9Cl2N3. The number of nitrogens with zero attached hydrogens (tertiary/aromatic N) is 2. The monoisotopic (exact) mass is 253 g/mol. The Kier molecular flexibility index (Phi) is 3.27. The molecule has 82 valence electrons. The van der Waals surface area contributed by atoms with Crippen LogP contribution in [0.2, 0.25) is 10.2 Å². The largest absolute Gasteiger partial charge is 0.382 e. The molecule has 3 nitrogen and oxygen atoms in total. The van der Waals surface area contributed by atoms with Gasteiger partial charge in [-0.25, -0.2) is 9.97 Å². The second kappa shape index (κ2) is 4.68. The van der Waals surface area contributed by atoms with E-state index in [2.05, 4.69) is 9.97 Å². The summed E-state index contributed by atoms with van der Waals surface area (Å²) in [5, 5.41) is 0.401. The molecule has 0 spiro atoms. The quantitative estimate of drug-likeness (QED) is 0.838. The number of anilines is 1. The average molecular weight is 254 g/mol. The fourth-order valence-corrected chi connectivity index (χ4v) is 1.62. The Morgan fingerprint density at radius 1 is 1.06 bits per heavy atom. The summed E-state index contributed by atoms with van der Waals surface area (Å²) in [5.41, 5.74) is 6.71. The lowest BCUT2D eigenvalue weighted by molar-refractivity contribution is 0.975.